The van der Waals surface area contributed by atoms with E-state index in [4.69, 9.17) is 0 Å². The third-order valence-corrected chi connectivity index (χ3v) is 3.75. The molecule has 19 heavy (non-hydrogen) atoms. The molecule has 0 fully saturated rings. The van der Waals surface area contributed by atoms with Crippen LogP contribution < -0.4 is 5.32 Å². The predicted octanol–water partition coefficient (Wildman–Crippen LogP) is 2.68. The molecule has 0 amide bonds. The Morgan fingerprint density at radius 2 is 1.84 bits per heavy atom. The van der Waals surface area contributed by atoms with Crippen LogP contribution in [0.2, 0.25) is 0 Å². The van der Waals surface area contributed by atoms with Gasteiger partial charge in [0.2, 0.25) is 0 Å². The van der Waals surface area contributed by atoms with Crippen molar-refractivity contribution in [3.63, 3.8) is 0 Å². The van der Waals surface area contributed by atoms with Crippen molar-refractivity contribution in [2.24, 2.45) is 7.05 Å². The lowest BCUT2D eigenvalue weighted by Crippen LogP contribution is -2.18. The highest BCUT2D eigenvalue weighted by Crippen LogP contribution is 2.15. The van der Waals surface area contributed by atoms with Crippen LogP contribution in [0.4, 0.5) is 0 Å². The minimum Gasteiger partial charge on any atom is -0.312 e. The zero-order valence-corrected chi connectivity index (χ0v) is 12.3. The first kappa shape index (κ1) is 13.8. The van der Waals surface area contributed by atoms with Crippen LogP contribution in [0, 0.1) is 20.8 Å². The van der Waals surface area contributed by atoms with Crippen LogP contribution >= 0.6 is 0 Å². The molecule has 3 nitrogen and oxygen atoms in total. The van der Waals surface area contributed by atoms with E-state index in [2.05, 4.69) is 49.4 Å². The van der Waals surface area contributed by atoms with Gasteiger partial charge in [0.1, 0.15) is 0 Å². The predicted molar refractivity (Wildman–Crippen MR) is 79.3 cm³/mol. The van der Waals surface area contributed by atoms with Gasteiger partial charge in [-0.1, -0.05) is 12.1 Å². The van der Waals surface area contributed by atoms with E-state index in [0.29, 0.717) is 0 Å². The van der Waals surface area contributed by atoms with Gasteiger partial charge in [0, 0.05) is 38.4 Å². The maximum absolute atomic E-state index is 4.18. The molecule has 0 aliphatic rings. The van der Waals surface area contributed by atoms with Gasteiger partial charge in [0.15, 0.2) is 0 Å². The van der Waals surface area contributed by atoms with E-state index in [-0.39, 0.29) is 0 Å². The number of hydrogen-bond donors (Lipinski definition) is 1. The fourth-order valence-electron chi connectivity index (χ4n) is 2.30. The average Bonchev–Trinajstić information content (AvgIpc) is 2.77. The van der Waals surface area contributed by atoms with Crippen molar-refractivity contribution < 1.29 is 0 Å². The lowest BCUT2D eigenvalue weighted by Gasteiger charge is -2.11. The summed E-state index contributed by atoms with van der Waals surface area (Å²) in [6, 6.07) is 6.64. The summed E-state index contributed by atoms with van der Waals surface area (Å²) in [5.74, 6) is 0. The highest BCUT2D eigenvalue weighted by molar-refractivity contribution is 5.36. The molecule has 102 valence electrons. The Morgan fingerprint density at radius 3 is 2.53 bits per heavy atom. The largest absolute Gasteiger partial charge is 0.312 e. The molecule has 1 N–H and O–H groups in total. The molecule has 0 saturated carbocycles. The van der Waals surface area contributed by atoms with E-state index in [1.54, 1.807) is 0 Å². The third-order valence-electron chi connectivity index (χ3n) is 3.75. The van der Waals surface area contributed by atoms with Crippen molar-refractivity contribution in [2.45, 2.75) is 33.7 Å². The molecule has 2 aromatic rings. The molecule has 0 saturated heterocycles. The van der Waals surface area contributed by atoms with Crippen LogP contribution in [-0.4, -0.2) is 16.3 Å². The van der Waals surface area contributed by atoms with Gasteiger partial charge in [-0.05, 0) is 49.1 Å². The monoisotopic (exact) mass is 257 g/mol. The first-order valence-electron chi connectivity index (χ1n) is 6.82. The molecular weight excluding hydrogens is 234 g/mol. The summed E-state index contributed by atoms with van der Waals surface area (Å²) < 4.78 is 1.93. The summed E-state index contributed by atoms with van der Waals surface area (Å²) in [7, 11) is 1.99. The second kappa shape index (κ2) is 6.02. The van der Waals surface area contributed by atoms with Gasteiger partial charge in [-0.3, -0.25) is 4.68 Å². The smallest absolute Gasteiger partial charge is 0.0492 e. The molecule has 0 unspecified atom stereocenters. The van der Waals surface area contributed by atoms with Gasteiger partial charge in [-0.2, -0.15) is 5.10 Å². The minimum absolute atomic E-state index is 0.935. The Morgan fingerprint density at radius 1 is 1.11 bits per heavy atom. The normalized spacial score (nSPS) is 10.9. The number of aryl methyl sites for hydroxylation is 4. The van der Waals surface area contributed by atoms with Crippen molar-refractivity contribution in [2.75, 3.05) is 6.54 Å². The van der Waals surface area contributed by atoms with E-state index >= 15 is 0 Å². The molecule has 1 aromatic carbocycles. The summed E-state index contributed by atoms with van der Waals surface area (Å²) in [4.78, 5) is 0. The van der Waals surface area contributed by atoms with Crippen LogP contribution in [0.25, 0.3) is 0 Å². The first-order chi connectivity index (χ1) is 9.08. The molecule has 1 heterocycles. The zero-order chi connectivity index (χ0) is 13.8. The maximum atomic E-state index is 4.18. The van der Waals surface area contributed by atoms with Crippen molar-refractivity contribution in [3.8, 4) is 0 Å². The second-order valence-corrected chi connectivity index (χ2v) is 5.24. The summed E-state index contributed by atoms with van der Waals surface area (Å²) >= 11 is 0. The van der Waals surface area contributed by atoms with Crippen LogP contribution in [0.1, 0.15) is 27.9 Å². The van der Waals surface area contributed by atoms with Crippen LogP contribution in [0.5, 0.6) is 0 Å². The van der Waals surface area contributed by atoms with E-state index in [0.717, 1.165) is 19.5 Å². The topological polar surface area (TPSA) is 29.9 Å². The average molecular weight is 257 g/mol. The van der Waals surface area contributed by atoms with Gasteiger partial charge in [0.05, 0.1) is 0 Å². The van der Waals surface area contributed by atoms with E-state index < -0.39 is 0 Å². The third kappa shape index (κ3) is 3.44. The van der Waals surface area contributed by atoms with Gasteiger partial charge in [-0.15, -0.1) is 0 Å². The number of aromatic nitrogens is 2. The SMILES string of the molecule is Cc1cc(C)c(CNCCc2ccnn2C)cc1C. The number of hydrogen-bond acceptors (Lipinski definition) is 2. The first-order valence-corrected chi connectivity index (χ1v) is 6.82. The van der Waals surface area contributed by atoms with Gasteiger partial charge >= 0.3 is 0 Å². The Hall–Kier alpha value is -1.61. The molecule has 0 spiro atoms. The summed E-state index contributed by atoms with van der Waals surface area (Å²) in [5, 5.41) is 7.69. The van der Waals surface area contributed by atoms with Crippen molar-refractivity contribution in [3.05, 3.63) is 52.3 Å². The molecule has 2 rings (SSSR count). The van der Waals surface area contributed by atoms with Crippen LogP contribution in [-0.2, 0) is 20.0 Å². The van der Waals surface area contributed by atoms with E-state index in [9.17, 15) is 0 Å². The highest BCUT2D eigenvalue weighted by Gasteiger charge is 2.02. The Kier molecular flexibility index (Phi) is 4.38. The molecule has 0 aliphatic heterocycles. The van der Waals surface area contributed by atoms with Gasteiger partial charge in [-0.25, -0.2) is 0 Å². The lowest BCUT2D eigenvalue weighted by molar-refractivity contribution is 0.641. The molecule has 0 radical (unpaired) electrons. The van der Waals surface area contributed by atoms with Crippen LogP contribution in [0.3, 0.4) is 0 Å². The molecule has 0 atom stereocenters. The fraction of sp³-hybridized carbons (Fsp3) is 0.438. The minimum atomic E-state index is 0.935. The molecular formula is C16H23N3. The number of nitrogens with zero attached hydrogens (tertiary/aromatic N) is 2. The van der Waals surface area contributed by atoms with Crippen molar-refractivity contribution >= 4 is 0 Å². The van der Waals surface area contributed by atoms with E-state index in [1.807, 2.05) is 17.9 Å². The lowest BCUT2D eigenvalue weighted by atomic mass is 10.0. The molecule has 0 bridgehead atoms. The molecule has 0 aliphatic carbocycles. The van der Waals surface area contributed by atoms with Crippen LogP contribution in [0.15, 0.2) is 24.4 Å². The Labute approximate surface area is 115 Å². The maximum Gasteiger partial charge on any atom is 0.0492 e. The second-order valence-electron chi connectivity index (χ2n) is 5.24. The molecule has 1 aromatic heterocycles. The Balaban J connectivity index is 1.86. The molecule has 3 heteroatoms. The number of rotatable bonds is 5. The quantitative estimate of drug-likeness (QED) is 0.835. The van der Waals surface area contributed by atoms with Gasteiger partial charge in [0.25, 0.3) is 0 Å². The highest BCUT2D eigenvalue weighted by atomic mass is 15.3. The summed E-state index contributed by atoms with van der Waals surface area (Å²) in [6.45, 7) is 8.44. The number of nitrogens with one attached hydrogen (secondary N) is 1. The summed E-state index contributed by atoms with van der Waals surface area (Å²) in [6.07, 6.45) is 2.86. The standard InChI is InChI=1S/C16H23N3/c1-12-9-14(3)15(10-13(12)2)11-17-7-5-16-6-8-18-19(16)4/h6,8-10,17H,5,7,11H2,1-4H3. The Bertz CT molecular complexity index is 555. The summed E-state index contributed by atoms with van der Waals surface area (Å²) in [5.41, 5.74) is 6.78. The zero-order valence-electron chi connectivity index (χ0n) is 12.3. The van der Waals surface area contributed by atoms with Crippen molar-refractivity contribution in [1.82, 2.24) is 15.1 Å². The fourth-order valence-corrected chi connectivity index (χ4v) is 2.30. The van der Waals surface area contributed by atoms with Crippen molar-refractivity contribution in [1.29, 1.82) is 0 Å². The van der Waals surface area contributed by atoms with E-state index in [1.165, 1.54) is 27.9 Å². The number of benzene rings is 1. The van der Waals surface area contributed by atoms with Gasteiger partial charge < -0.3 is 5.32 Å².